The molecule has 1 aliphatic heterocycles. The second kappa shape index (κ2) is 14.1. The zero-order valence-electron chi connectivity index (χ0n) is 20.4. The van der Waals surface area contributed by atoms with Crippen LogP contribution in [0.25, 0.3) is 0 Å². The Morgan fingerprint density at radius 1 is 0.917 bits per heavy atom. The van der Waals surface area contributed by atoms with Gasteiger partial charge in [0, 0.05) is 18.6 Å². The van der Waals surface area contributed by atoms with Gasteiger partial charge < -0.3 is 18.9 Å². The number of rotatable bonds is 10. The topological polar surface area (TPSA) is 97.1 Å². The molecule has 0 bridgehead atoms. The molecule has 3 aromatic carbocycles. The number of nitrogens with zero attached hydrogens (tertiary/aromatic N) is 1. The van der Waals surface area contributed by atoms with Crippen LogP contribution < -0.4 is 0 Å². The second-order valence-corrected chi connectivity index (χ2v) is 7.91. The highest BCUT2D eigenvalue weighted by Gasteiger charge is 2.39. The minimum Gasteiger partial charge on any atom is -0.429 e. The fourth-order valence-electron chi connectivity index (χ4n) is 3.61. The molecule has 3 aromatic rings. The van der Waals surface area contributed by atoms with E-state index in [4.69, 9.17) is 18.9 Å². The molecular formula is C28H31NO7. The first-order valence-electron chi connectivity index (χ1n) is 12.0. The third-order valence-electron chi connectivity index (χ3n) is 5.38. The molecule has 4 rings (SSSR count). The summed E-state index contributed by atoms with van der Waals surface area (Å²) in [5.74, 6) is -0.640. The highest BCUT2D eigenvalue weighted by Crippen LogP contribution is 2.27. The van der Waals surface area contributed by atoms with Gasteiger partial charge in [0.05, 0.1) is 36.4 Å². The van der Waals surface area contributed by atoms with Gasteiger partial charge in [0.2, 0.25) is 6.29 Å². The number of non-ortho nitro benzene ring substituents is 1. The summed E-state index contributed by atoms with van der Waals surface area (Å²) in [6.45, 7) is 5.12. The summed E-state index contributed by atoms with van der Waals surface area (Å²) in [5, 5.41) is 10.8. The van der Waals surface area contributed by atoms with Crippen molar-refractivity contribution in [1.82, 2.24) is 0 Å². The van der Waals surface area contributed by atoms with Crippen LogP contribution in [0.15, 0.2) is 84.9 Å². The minimum atomic E-state index is -0.920. The van der Waals surface area contributed by atoms with Crippen LogP contribution in [0, 0.1) is 10.1 Å². The summed E-state index contributed by atoms with van der Waals surface area (Å²) in [6, 6.07) is 24.7. The normalized spacial score (nSPS) is 18.7. The SMILES string of the molecule is CC.O=C(OC1OC(COCc2ccccc2)CC1OCc1ccccc1)c1ccc([N+](=O)[O-])cc1. The van der Waals surface area contributed by atoms with E-state index >= 15 is 0 Å². The van der Waals surface area contributed by atoms with Crippen molar-refractivity contribution >= 4 is 11.7 Å². The van der Waals surface area contributed by atoms with Gasteiger partial charge in [-0.2, -0.15) is 0 Å². The Morgan fingerprint density at radius 2 is 1.50 bits per heavy atom. The summed E-state index contributed by atoms with van der Waals surface area (Å²) < 4.78 is 23.4. The lowest BCUT2D eigenvalue weighted by molar-refractivity contribution is -0.384. The number of nitro groups is 1. The van der Waals surface area contributed by atoms with Crippen molar-refractivity contribution in [3.8, 4) is 0 Å². The third-order valence-corrected chi connectivity index (χ3v) is 5.38. The van der Waals surface area contributed by atoms with Gasteiger partial charge >= 0.3 is 5.97 Å². The average Bonchev–Trinajstić information content (AvgIpc) is 3.31. The predicted octanol–water partition coefficient (Wildman–Crippen LogP) is 5.70. The molecule has 0 aromatic heterocycles. The smallest absolute Gasteiger partial charge is 0.340 e. The maximum absolute atomic E-state index is 12.6. The van der Waals surface area contributed by atoms with Gasteiger partial charge in [-0.25, -0.2) is 4.79 Å². The Balaban J connectivity index is 0.00000176. The van der Waals surface area contributed by atoms with Crippen LogP contribution in [0.1, 0.15) is 41.8 Å². The van der Waals surface area contributed by atoms with E-state index < -0.39 is 23.3 Å². The molecule has 1 fully saturated rings. The molecular weight excluding hydrogens is 462 g/mol. The van der Waals surface area contributed by atoms with Crippen molar-refractivity contribution in [2.24, 2.45) is 0 Å². The van der Waals surface area contributed by atoms with Gasteiger partial charge in [-0.15, -0.1) is 0 Å². The fourth-order valence-corrected chi connectivity index (χ4v) is 3.61. The number of benzene rings is 3. The van der Waals surface area contributed by atoms with E-state index in [2.05, 4.69) is 0 Å². The molecule has 36 heavy (non-hydrogen) atoms. The number of hydrogen-bond donors (Lipinski definition) is 0. The third kappa shape index (κ3) is 7.98. The molecule has 0 saturated carbocycles. The zero-order valence-corrected chi connectivity index (χ0v) is 20.4. The predicted molar refractivity (Wildman–Crippen MR) is 134 cm³/mol. The summed E-state index contributed by atoms with van der Waals surface area (Å²) in [6.07, 6.45) is -1.21. The Labute approximate surface area is 210 Å². The molecule has 0 amide bonds. The van der Waals surface area contributed by atoms with Crippen LogP contribution >= 0.6 is 0 Å². The second-order valence-electron chi connectivity index (χ2n) is 7.91. The molecule has 0 aliphatic carbocycles. The molecule has 0 radical (unpaired) electrons. The summed E-state index contributed by atoms with van der Waals surface area (Å²) in [5.41, 5.74) is 2.14. The summed E-state index contributed by atoms with van der Waals surface area (Å²) in [4.78, 5) is 23.0. The van der Waals surface area contributed by atoms with Crippen LogP contribution in [0.3, 0.4) is 0 Å². The van der Waals surface area contributed by atoms with E-state index in [1.54, 1.807) is 0 Å². The Morgan fingerprint density at radius 3 is 2.08 bits per heavy atom. The fraction of sp³-hybridized carbons (Fsp3) is 0.321. The number of esters is 1. The summed E-state index contributed by atoms with van der Waals surface area (Å²) in [7, 11) is 0. The van der Waals surface area contributed by atoms with E-state index in [-0.39, 0.29) is 17.4 Å². The van der Waals surface area contributed by atoms with Crippen molar-refractivity contribution < 1.29 is 28.7 Å². The molecule has 3 unspecified atom stereocenters. The number of carbonyl (C=O) groups excluding carboxylic acids is 1. The largest absolute Gasteiger partial charge is 0.429 e. The average molecular weight is 494 g/mol. The van der Waals surface area contributed by atoms with Crippen molar-refractivity contribution in [3.63, 3.8) is 0 Å². The maximum atomic E-state index is 12.6. The van der Waals surface area contributed by atoms with Crippen LogP contribution in [0.2, 0.25) is 0 Å². The lowest BCUT2D eigenvalue weighted by atomic mass is 10.2. The van der Waals surface area contributed by atoms with Crippen LogP contribution in [-0.2, 0) is 32.2 Å². The molecule has 8 nitrogen and oxygen atoms in total. The number of ether oxygens (including phenoxy) is 4. The molecule has 3 atom stereocenters. The Kier molecular flexibility index (Phi) is 10.6. The van der Waals surface area contributed by atoms with Crippen molar-refractivity contribution in [2.45, 2.75) is 52.0 Å². The van der Waals surface area contributed by atoms with E-state index in [0.29, 0.717) is 26.2 Å². The van der Waals surface area contributed by atoms with Gasteiger partial charge in [-0.1, -0.05) is 74.5 Å². The Bertz CT molecular complexity index is 1070. The standard InChI is InChI=1S/C26H25NO7.C2H6/c28-25(21-11-13-22(14-12-21)27(29)30)34-26-24(32-17-20-9-5-2-6-10-20)15-23(33-26)18-31-16-19-7-3-1-4-8-19;1-2/h1-14,23-24,26H,15-18H2;1-2H3. The number of carbonyl (C=O) groups is 1. The van der Waals surface area contributed by atoms with Gasteiger partial charge in [-0.3, -0.25) is 10.1 Å². The minimum absolute atomic E-state index is 0.103. The molecule has 8 heteroatoms. The van der Waals surface area contributed by atoms with Crippen LogP contribution in [0.4, 0.5) is 5.69 Å². The van der Waals surface area contributed by atoms with E-state index in [9.17, 15) is 14.9 Å². The number of hydrogen-bond acceptors (Lipinski definition) is 7. The van der Waals surface area contributed by atoms with Gasteiger partial charge in [0.1, 0.15) is 6.10 Å². The van der Waals surface area contributed by atoms with Crippen molar-refractivity contribution in [3.05, 3.63) is 112 Å². The quantitative estimate of drug-likeness (QED) is 0.203. The molecule has 0 spiro atoms. The molecule has 1 saturated heterocycles. The Hall–Kier alpha value is -3.59. The van der Waals surface area contributed by atoms with Crippen LogP contribution in [0.5, 0.6) is 0 Å². The zero-order chi connectivity index (χ0) is 25.8. The van der Waals surface area contributed by atoms with E-state index in [0.717, 1.165) is 11.1 Å². The van der Waals surface area contributed by atoms with E-state index in [1.807, 2.05) is 74.5 Å². The maximum Gasteiger partial charge on any atom is 0.340 e. The van der Waals surface area contributed by atoms with Gasteiger partial charge in [0.25, 0.3) is 5.69 Å². The molecule has 0 N–H and O–H groups in total. The molecule has 1 aliphatic rings. The van der Waals surface area contributed by atoms with Gasteiger partial charge in [-0.05, 0) is 23.3 Å². The summed E-state index contributed by atoms with van der Waals surface area (Å²) >= 11 is 0. The first kappa shape index (κ1) is 27.0. The highest BCUT2D eigenvalue weighted by atomic mass is 16.7. The van der Waals surface area contributed by atoms with Crippen molar-refractivity contribution in [1.29, 1.82) is 0 Å². The first-order chi connectivity index (χ1) is 17.6. The van der Waals surface area contributed by atoms with Gasteiger partial charge in [0.15, 0.2) is 0 Å². The molecule has 190 valence electrons. The first-order valence-corrected chi connectivity index (χ1v) is 12.0. The lowest BCUT2D eigenvalue weighted by Gasteiger charge is -2.19. The lowest BCUT2D eigenvalue weighted by Crippen LogP contribution is -2.30. The van der Waals surface area contributed by atoms with Crippen molar-refractivity contribution in [2.75, 3.05) is 6.61 Å². The monoisotopic (exact) mass is 493 g/mol. The highest BCUT2D eigenvalue weighted by molar-refractivity contribution is 5.89. The van der Waals surface area contributed by atoms with Crippen LogP contribution in [-0.4, -0.2) is 36.0 Å². The molecule has 1 heterocycles. The van der Waals surface area contributed by atoms with E-state index in [1.165, 1.54) is 24.3 Å². The number of nitro benzene ring substituents is 1.